The first-order chi connectivity index (χ1) is 9.51. The molecule has 2 rings (SSSR count). The first-order valence-electron chi connectivity index (χ1n) is 7.80. The number of piperidine rings is 2. The molecule has 0 aromatic rings. The van der Waals surface area contributed by atoms with Crippen LogP contribution in [0.3, 0.4) is 0 Å². The smallest absolute Gasteiger partial charge is 0.242 e. The number of carbonyl (C=O) groups excluding carboxylic acids is 2. The fourth-order valence-electron chi connectivity index (χ4n) is 3.22. The molecule has 0 bridgehead atoms. The van der Waals surface area contributed by atoms with Crippen LogP contribution < -0.4 is 10.6 Å². The highest BCUT2D eigenvalue weighted by molar-refractivity contribution is 5.86. The molecule has 0 aliphatic carbocycles. The molecule has 1 atom stereocenters. The van der Waals surface area contributed by atoms with Gasteiger partial charge < -0.3 is 15.5 Å². The van der Waals surface area contributed by atoms with Gasteiger partial charge in [0.1, 0.15) is 0 Å². The van der Waals surface area contributed by atoms with Gasteiger partial charge in [-0.1, -0.05) is 0 Å². The van der Waals surface area contributed by atoms with E-state index in [1.165, 1.54) is 6.42 Å². The van der Waals surface area contributed by atoms with Gasteiger partial charge in [0.2, 0.25) is 11.8 Å². The van der Waals surface area contributed by atoms with Gasteiger partial charge in [-0.05, 0) is 51.5 Å². The summed E-state index contributed by atoms with van der Waals surface area (Å²) in [6.45, 7) is 6.92. The molecule has 2 heterocycles. The van der Waals surface area contributed by atoms with Gasteiger partial charge in [-0.3, -0.25) is 9.59 Å². The summed E-state index contributed by atoms with van der Waals surface area (Å²) in [7, 11) is 0. The van der Waals surface area contributed by atoms with Crippen molar-refractivity contribution < 1.29 is 9.59 Å². The molecule has 0 saturated carbocycles. The van der Waals surface area contributed by atoms with E-state index >= 15 is 0 Å². The highest BCUT2D eigenvalue weighted by Crippen LogP contribution is 2.24. The maximum Gasteiger partial charge on any atom is 0.242 e. The summed E-state index contributed by atoms with van der Waals surface area (Å²) in [4.78, 5) is 25.6. The quantitative estimate of drug-likeness (QED) is 0.808. The highest BCUT2D eigenvalue weighted by atomic mass is 16.2. The summed E-state index contributed by atoms with van der Waals surface area (Å²) >= 11 is 0. The molecule has 0 spiro atoms. The van der Waals surface area contributed by atoms with Crippen LogP contribution in [0.1, 0.15) is 46.0 Å². The van der Waals surface area contributed by atoms with Crippen molar-refractivity contribution in [1.29, 1.82) is 0 Å². The maximum atomic E-state index is 12.6. The SMILES string of the molecule is CC(=O)NCC1CCN(C(=O)C2(C)CCCCN2)CC1. The van der Waals surface area contributed by atoms with Crippen LogP contribution in [0, 0.1) is 5.92 Å². The van der Waals surface area contributed by atoms with Gasteiger partial charge in [0.05, 0.1) is 5.54 Å². The Morgan fingerprint density at radius 2 is 2.00 bits per heavy atom. The zero-order valence-corrected chi connectivity index (χ0v) is 12.7. The van der Waals surface area contributed by atoms with Crippen molar-refractivity contribution in [2.24, 2.45) is 5.92 Å². The molecule has 5 heteroatoms. The average molecular weight is 281 g/mol. The maximum absolute atomic E-state index is 12.6. The van der Waals surface area contributed by atoms with E-state index in [0.717, 1.165) is 51.9 Å². The monoisotopic (exact) mass is 281 g/mol. The zero-order valence-electron chi connectivity index (χ0n) is 12.7. The number of rotatable bonds is 3. The summed E-state index contributed by atoms with van der Waals surface area (Å²) in [5, 5.41) is 6.27. The summed E-state index contributed by atoms with van der Waals surface area (Å²) in [5.74, 6) is 0.799. The second kappa shape index (κ2) is 6.57. The molecule has 1 unspecified atom stereocenters. The Bertz CT molecular complexity index is 356. The van der Waals surface area contributed by atoms with Crippen LogP contribution in [0.15, 0.2) is 0 Å². The number of amides is 2. The van der Waals surface area contributed by atoms with Crippen molar-refractivity contribution >= 4 is 11.8 Å². The molecule has 20 heavy (non-hydrogen) atoms. The molecule has 2 fully saturated rings. The van der Waals surface area contributed by atoms with Crippen molar-refractivity contribution in [1.82, 2.24) is 15.5 Å². The Kier molecular flexibility index (Phi) is 5.02. The van der Waals surface area contributed by atoms with Crippen LogP contribution in [0.25, 0.3) is 0 Å². The molecule has 2 saturated heterocycles. The number of hydrogen-bond acceptors (Lipinski definition) is 3. The molecule has 0 aromatic carbocycles. The van der Waals surface area contributed by atoms with Crippen LogP contribution in [0.4, 0.5) is 0 Å². The number of carbonyl (C=O) groups is 2. The molecule has 2 amide bonds. The van der Waals surface area contributed by atoms with Crippen LogP contribution >= 0.6 is 0 Å². The Hall–Kier alpha value is -1.10. The summed E-state index contributed by atoms with van der Waals surface area (Å²) in [6, 6.07) is 0. The molecule has 2 aliphatic rings. The van der Waals surface area contributed by atoms with Gasteiger partial charge >= 0.3 is 0 Å². The molecule has 114 valence electrons. The van der Waals surface area contributed by atoms with Crippen LogP contribution in [-0.2, 0) is 9.59 Å². The number of likely N-dealkylation sites (tertiary alicyclic amines) is 1. The van der Waals surface area contributed by atoms with Crippen molar-refractivity contribution in [3.8, 4) is 0 Å². The number of nitrogens with one attached hydrogen (secondary N) is 2. The van der Waals surface area contributed by atoms with Gasteiger partial charge in [0.25, 0.3) is 0 Å². The minimum Gasteiger partial charge on any atom is -0.356 e. The highest BCUT2D eigenvalue weighted by Gasteiger charge is 2.38. The number of hydrogen-bond donors (Lipinski definition) is 2. The zero-order chi connectivity index (χ0) is 14.6. The van der Waals surface area contributed by atoms with Gasteiger partial charge in [-0.15, -0.1) is 0 Å². The van der Waals surface area contributed by atoms with E-state index in [9.17, 15) is 9.59 Å². The Morgan fingerprint density at radius 3 is 2.55 bits per heavy atom. The summed E-state index contributed by atoms with van der Waals surface area (Å²) in [6.07, 6.45) is 5.22. The van der Waals surface area contributed by atoms with E-state index in [0.29, 0.717) is 5.92 Å². The lowest BCUT2D eigenvalue weighted by molar-refractivity contribution is -0.140. The minimum absolute atomic E-state index is 0.0300. The normalized spacial score (nSPS) is 28.2. The van der Waals surface area contributed by atoms with Gasteiger partial charge in [0, 0.05) is 26.6 Å². The van der Waals surface area contributed by atoms with Gasteiger partial charge in [0.15, 0.2) is 0 Å². The lowest BCUT2D eigenvalue weighted by Gasteiger charge is -2.40. The fourth-order valence-corrected chi connectivity index (χ4v) is 3.22. The van der Waals surface area contributed by atoms with Crippen molar-refractivity contribution in [2.75, 3.05) is 26.2 Å². The minimum atomic E-state index is -0.358. The second-order valence-electron chi connectivity index (χ2n) is 6.39. The lowest BCUT2D eigenvalue weighted by Crippen LogP contribution is -2.59. The first kappa shape index (κ1) is 15.3. The first-order valence-corrected chi connectivity index (χ1v) is 7.80. The van der Waals surface area contributed by atoms with E-state index in [1.807, 2.05) is 11.8 Å². The molecular weight excluding hydrogens is 254 g/mol. The third kappa shape index (κ3) is 3.72. The van der Waals surface area contributed by atoms with E-state index < -0.39 is 0 Å². The van der Waals surface area contributed by atoms with Crippen molar-refractivity contribution in [3.05, 3.63) is 0 Å². The standard InChI is InChI=1S/C15H27N3O2/c1-12(19)16-11-13-5-9-18(10-6-13)14(20)15(2)7-3-4-8-17-15/h13,17H,3-11H2,1-2H3,(H,16,19). The average Bonchev–Trinajstić information content (AvgIpc) is 2.45. The molecule has 2 N–H and O–H groups in total. The van der Waals surface area contributed by atoms with Crippen molar-refractivity contribution in [3.63, 3.8) is 0 Å². The molecule has 0 aromatic heterocycles. The van der Waals surface area contributed by atoms with Gasteiger partial charge in [-0.2, -0.15) is 0 Å². The molecule has 5 nitrogen and oxygen atoms in total. The van der Waals surface area contributed by atoms with E-state index in [-0.39, 0.29) is 17.4 Å². The van der Waals surface area contributed by atoms with E-state index in [1.54, 1.807) is 6.92 Å². The molecule has 0 radical (unpaired) electrons. The Balaban J connectivity index is 1.81. The van der Waals surface area contributed by atoms with E-state index in [2.05, 4.69) is 10.6 Å². The van der Waals surface area contributed by atoms with Crippen LogP contribution in [0.5, 0.6) is 0 Å². The van der Waals surface area contributed by atoms with Crippen LogP contribution in [0.2, 0.25) is 0 Å². The topological polar surface area (TPSA) is 61.4 Å². The summed E-state index contributed by atoms with van der Waals surface area (Å²) < 4.78 is 0. The van der Waals surface area contributed by atoms with Crippen molar-refractivity contribution in [2.45, 2.75) is 51.5 Å². The molecule has 2 aliphatic heterocycles. The van der Waals surface area contributed by atoms with Crippen LogP contribution in [-0.4, -0.2) is 48.4 Å². The fraction of sp³-hybridized carbons (Fsp3) is 0.867. The molecular formula is C15H27N3O2. The van der Waals surface area contributed by atoms with E-state index in [4.69, 9.17) is 0 Å². The van der Waals surface area contributed by atoms with Gasteiger partial charge in [-0.25, -0.2) is 0 Å². The third-order valence-corrected chi connectivity index (χ3v) is 4.63. The summed E-state index contributed by atoms with van der Waals surface area (Å²) in [5.41, 5.74) is -0.358. The Morgan fingerprint density at radius 1 is 1.30 bits per heavy atom. The Labute approximate surface area is 121 Å². The largest absolute Gasteiger partial charge is 0.356 e. The third-order valence-electron chi connectivity index (χ3n) is 4.63. The predicted octanol–water partition coefficient (Wildman–Crippen LogP) is 0.893. The second-order valence-corrected chi connectivity index (χ2v) is 6.39. The number of nitrogens with zero attached hydrogens (tertiary/aromatic N) is 1. The predicted molar refractivity (Wildman–Crippen MR) is 78.2 cm³/mol. The lowest BCUT2D eigenvalue weighted by atomic mass is 9.88.